The van der Waals surface area contributed by atoms with Crippen LogP contribution in [-0.2, 0) is 34.6 Å². The van der Waals surface area contributed by atoms with E-state index < -0.39 is 25.5 Å². The van der Waals surface area contributed by atoms with Gasteiger partial charge in [0, 0.05) is 5.56 Å². The van der Waals surface area contributed by atoms with E-state index in [1.54, 1.807) is 41.7 Å². The summed E-state index contributed by atoms with van der Waals surface area (Å²) in [7, 11) is -3.49. The number of hydrogen-bond acceptors (Lipinski definition) is 8. The van der Waals surface area contributed by atoms with Crippen LogP contribution in [0.25, 0.3) is 0 Å². The summed E-state index contributed by atoms with van der Waals surface area (Å²) in [5.74, 6) is -3.46. The number of aryl methyl sites for hydroxylation is 1. The Hall–Kier alpha value is -2.49. The van der Waals surface area contributed by atoms with E-state index in [0.29, 0.717) is 19.8 Å². The average molecular weight is 847 g/mol. The number of thiazole rings is 1. The minimum Gasteiger partial charge on any atom is -0.468 e. The van der Waals surface area contributed by atoms with Crippen molar-refractivity contribution in [2.45, 2.75) is 187 Å². The summed E-state index contributed by atoms with van der Waals surface area (Å²) in [5, 5.41) is 0. The SMILES string of the molecule is CCCCCCCCCCCCCCOC1(OCCCCCCCCCCCCCC)C=CC=C(OP(=O)(O)Oc2cccc(C[n+]3csc(C)c3)c2)C1C(=O)OC. The maximum atomic E-state index is 13.6. The summed E-state index contributed by atoms with van der Waals surface area (Å²) in [5.41, 5.74) is 2.91. The number of phosphoric ester groups is 1. The normalized spacial score (nSPS) is 15.9. The molecule has 3 rings (SSSR count). The van der Waals surface area contributed by atoms with Gasteiger partial charge in [-0.1, -0.05) is 185 Å². The van der Waals surface area contributed by atoms with Crippen molar-refractivity contribution in [2.24, 2.45) is 5.92 Å². The number of unbranched alkanes of at least 4 members (excludes halogenated alkanes) is 22. The van der Waals surface area contributed by atoms with Gasteiger partial charge in [0.2, 0.25) is 11.3 Å². The van der Waals surface area contributed by atoms with Crippen LogP contribution < -0.4 is 9.09 Å². The molecule has 0 fully saturated rings. The lowest BCUT2D eigenvalue weighted by Crippen LogP contribution is -2.49. The van der Waals surface area contributed by atoms with E-state index in [4.69, 9.17) is 23.3 Å². The lowest BCUT2D eigenvalue weighted by Gasteiger charge is -2.39. The van der Waals surface area contributed by atoms with Crippen LogP contribution in [0.3, 0.4) is 0 Å². The van der Waals surface area contributed by atoms with Crippen molar-refractivity contribution in [2.75, 3.05) is 20.3 Å². The van der Waals surface area contributed by atoms with Crippen molar-refractivity contribution < 1.29 is 42.1 Å². The monoisotopic (exact) mass is 847 g/mol. The highest BCUT2D eigenvalue weighted by Gasteiger charge is 2.51. The fourth-order valence-electron chi connectivity index (χ4n) is 7.53. The smallest absolute Gasteiger partial charge is 0.468 e. The van der Waals surface area contributed by atoms with Gasteiger partial charge in [-0.05, 0) is 44.1 Å². The molecule has 58 heavy (non-hydrogen) atoms. The highest BCUT2D eigenvalue weighted by molar-refractivity contribution is 7.48. The Bertz CT molecular complexity index is 1480. The van der Waals surface area contributed by atoms with Crippen molar-refractivity contribution >= 4 is 25.1 Å². The second kappa shape index (κ2) is 29.7. The lowest BCUT2D eigenvalue weighted by molar-refractivity contribution is -0.683. The molecule has 0 amide bonds. The summed E-state index contributed by atoms with van der Waals surface area (Å²) in [6.45, 7) is 7.83. The zero-order valence-electron chi connectivity index (χ0n) is 36.5. The van der Waals surface area contributed by atoms with E-state index in [1.807, 2.05) is 29.3 Å². The molecule has 328 valence electrons. The summed E-state index contributed by atoms with van der Waals surface area (Å²) in [6.07, 6.45) is 36.2. The molecule has 0 spiro atoms. The molecular formula is C47H77NO8PS+. The number of carbonyl (C=O) groups excluding carboxylic acids is 1. The van der Waals surface area contributed by atoms with Crippen LogP contribution in [0.4, 0.5) is 0 Å². The van der Waals surface area contributed by atoms with Crippen LogP contribution in [0.1, 0.15) is 178 Å². The number of carbonyl (C=O) groups is 1. The first kappa shape index (κ1) is 49.9. The predicted molar refractivity (Wildman–Crippen MR) is 236 cm³/mol. The number of nitrogens with zero attached hydrogens (tertiary/aromatic N) is 1. The second-order valence-corrected chi connectivity index (χ2v) is 18.4. The molecule has 1 aliphatic rings. The highest BCUT2D eigenvalue weighted by atomic mass is 32.1. The molecule has 1 aromatic heterocycles. The van der Waals surface area contributed by atoms with Gasteiger partial charge >= 0.3 is 13.8 Å². The fourth-order valence-corrected chi connectivity index (χ4v) is 9.01. The Balaban J connectivity index is 1.59. The molecule has 1 aliphatic carbocycles. The Morgan fingerprint density at radius 3 is 1.72 bits per heavy atom. The lowest BCUT2D eigenvalue weighted by atomic mass is 9.91. The predicted octanol–water partition coefficient (Wildman–Crippen LogP) is 13.3. The van der Waals surface area contributed by atoms with E-state index in [2.05, 4.69) is 13.8 Å². The average Bonchev–Trinajstić information content (AvgIpc) is 3.61. The van der Waals surface area contributed by atoms with Gasteiger partial charge in [-0.25, -0.2) is 4.57 Å². The molecule has 1 N–H and O–H groups in total. The number of rotatable bonds is 35. The van der Waals surface area contributed by atoms with E-state index >= 15 is 0 Å². The number of ether oxygens (including phenoxy) is 3. The second-order valence-electron chi connectivity index (χ2n) is 16.0. The third-order valence-electron chi connectivity index (χ3n) is 10.8. The van der Waals surface area contributed by atoms with Gasteiger partial charge in [0.15, 0.2) is 18.7 Å². The van der Waals surface area contributed by atoms with Crippen LogP contribution in [0.15, 0.2) is 60.0 Å². The molecule has 2 atom stereocenters. The molecule has 0 saturated heterocycles. The Morgan fingerprint density at radius 1 is 0.759 bits per heavy atom. The quantitative estimate of drug-likeness (QED) is 0.0240. The number of esters is 1. The van der Waals surface area contributed by atoms with Crippen LogP contribution in [-0.4, -0.2) is 37.0 Å². The van der Waals surface area contributed by atoms with E-state index in [1.165, 1.54) is 134 Å². The van der Waals surface area contributed by atoms with Gasteiger partial charge in [0.25, 0.3) is 0 Å². The summed E-state index contributed by atoms with van der Waals surface area (Å²) >= 11 is 1.65. The van der Waals surface area contributed by atoms with Gasteiger partial charge in [0.05, 0.1) is 25.2 Å². The zero-order chi connectivity index (χ0) is 41.7. The number of benzene rings is 1. The maximum Gasteiger partial charge on any atom is 0.584 e. The van der Waals surface area contributed by atoms with Gasteiger partial charge in [-0.2, -0.15) is 4.57 Å². The van der Waals surface area contributed by atoms with Gasteiger partial charge in [0.1, 0.15) is 11.5 Å². The molecule has 0 aliphatic heterocycles. The first-order valence-corrected chi connectivity index (χ1v) is 25.1. The maximum absolute atomic E-state index is 13.6. The number of aromatic nitrogens is 1. The minimum absolute atomic E-state index is 0.106. The van der Waals surface area contributed by atoms with Crippen molar-refractivity contribution in [1.82, 2.24) is 0 Å². The number of methoxy groups -OCH3 is 1. The van der Waals surface area contributed by atoms with Crippen molar-refractivity contribution in [1.29, 1.82) is 0 Å². The first-order valence-electron chi connectivity index (χ1n) is 22.7. The van der Waals surface area contributed by atoms with Gasteiger partial charge in [-0.15, -0.1) is 0 Å². The van der Waals surface area contributed by atoms with Crippen LogP contribution in [0, 0.1) is 12.8 Å². The molecular weight excluding hydrogens is 770 g/mol. The molecule has 9 nitrogen and oxygen atoms in total. The number of allylic oxidation sites excluding steroid dienone is 2. The van der Waals surface area contributed by atoms with Crippen LogP contribution in [0.5, 0.6) is 5.75 Å². The topological polar surface area (TPSA) is 104 Å². The van der Waals surface area contributed by atoms with Crippen LogP contribution >= 0.6 is 19.2 Å². The standard InChI is InChI=1S/C47H76NO8PS/c1-5-7-9-11-13-15-17-19-21-23-25-27-35-53-47(54-36-28-26-24-22-20-18-16-14-12-10-8-6-2)34-30-33-44(45(47)46(49)52-4)56-57(50,51)55-43-32-29-31-42(37-43)39-48-38-41(3)58-40-48/h29-34,37-38,40,45H,5-28,35-36,39H2,1-4H3/p+1. The third kappa shape index (κ3) is 20.2. The molecule has 2 unspecified atom stereocenters. The van der Waals surface area contributed by atoms with E-state index in [0.717, 1.165) is 44.1 Å². The van der Waals surface area contributed by atoms with E-state index in [9.17, 15) is 14.3 Å². The first-order chi connectivity index (χ1) is 28.2. The molecule has 11 heteroatoms. The molecule has 2 aromatic rings. The Labute approximate surface area is 355 Å². The molecule has 0 bridgehead atoms. The van der Waals surface area contributed by atoms with Crippen molar-refractivity contribution in [3.05, 3.63) is 70.4 Å². The van der Waals surface area contributed by atoms with Gasteiger partial charge in [-0.3, -0.25) is 9.69 Å². The minimum atomic E-state index is -4.77. The van der Waals surface area contributed by atoms with Gasteiger partial charge < -0.3 is 23.3 Å². The third-order valence-corrected chi connectivity index (χ3v) is 12.5. The zero-order valence-corrected chi connectivity index (χ0v) is 38.2. The Morgan fingerprint density at radius 2 is 1.26 bits per heavy atom. The van der Waals surface area contributed by atoms with Crippen molar-refractivity contribution in [3.8, 4) is 5.75 Å². The summed E-state index contributed by atoms with van der Waals surface area (Å²) in [6, 6.07) is 7.00. The fraction of sp³-hybridized carbons (Fsp3) is 0.702. The number of phosphoric acid groups is 1. The Kier molecular flexibility index (Phi) is 25.5. The molecule has 1 aromatic carbocycles. The molecule has 0 saturated carbocycles. The summed E-state index contributed by atoms with van der Waals surface area (Å²) < 4.78 is 45.1. The van der Waals surface area contributed by atoms with Crippen molar-refractivity contribution in [3.63, 3.8) is 0 Å². The molecule has 0 radical (unpaired) electrons. The number of hydrogen-bond donors (Lipinski definition) is 1. The largest absolute Gasteiger partial charge is 0.584 e. The van der Waals surface area contributed by atoms with Crippen LogP contribution in [0.2, 0.25) is 0 Å². The highest BCUT2D eigenvalue weighted by Crippen LogP contribution is 2.50. The summed E-state index contributed by atoms with van der Waals surface area (Å²) in [4.78, 5) is 25.8. The molecule has 1 heterocycles. The van der Waals surface area contributed by atoms with E-state index in [-0.39, 0.29) is 11.5 Å².